The Morgan fingerprint density at radius 3 is 2.55 bits per heavy atom. The molecule has 1 aromatic carbocycles. The lowest BCUT2D eigenvalue weighted by Gasteiger charge is -2.11. The highest BCUT2D eigenvalue weighted by molar-refractivity contribution is 7.12. The summed E-state index contributed by atoms with van der Waals surface area (Å²) in [7, 11) is 1.44. The first-order valence-corrected chi connectivity index (χ1v) is 6.30. The number of carbonyl (C=O) groups excluding carboxylic acids is 1. The standard InChI is InChI=1S/C13H9F3O3S/c1-18-8-6-11(20-7-8)12(17)9-4-2-3-5-10(9)19-13(14,15)16/h2-7H,1H3. The predicted octanol–water partition coefficient (Wildman–Crippen LogP) is 3.89. The van der Waals surface area contributed by atoms with E-state index in [4.69, 9.17) is 4.74 Å². The number of ether oxygens (including phenoxy) is 2. The minimum atomic E-state index is -4.84. The monoisotopic (exact) mass is 302 g/mol. The normalized spacial score (nSPS) is 11.2. The minimum Gasteiger partial charge on any atom is -0.496 e. The summed E-state index contributed by atoms with van der Waals surface area (Å²) in [6, 6.07) is 6.70. The third-order valence-electron chi connectivity index (χ3n) is 2.39. The van der Waals surface area contributed by atoms with Crippen LogP contribution >= 0.6 is 11.3 Å². The number of hydrogen-bond donors (Lipinski definition) is 0. The van der Waals surface area contributed by atoms with Crippen LogP contribution in [0.1, 0.15) is 15.2 Å². The van der Waals surface area contributed by atoms with Crippen molar-refractivity contribution < 1.29 is 27.4 Å². The third-order valence-corrected chi connectivity index (χ3v) is 3.30. The lowest BCUT2D eigenvalue weighted by atomic mass is 10.1. The molecule has 0 amide bonds. The van der Waals surface area contributed by atoms with Gasteiger partial charge in [0, 0.05) is 11.4 Å². The molecule has 0 saturated heterocycles. The first-order chi connectivity index (χ1) is 9.40. The van der Waals surface area contributed by atoms with Gasteiger partial charge >= 0.3 is 6.36 Å². The number of alkyl halides is 3. The Kier molecular flexibility index (Phi) is 3.99. The maximum atomic E-state index is 12.3. The van der Waals surface area contributed by atoms with Crippen LogP contribution in [0.25, 0.3) is 0 Å². The molecule has 0 unspecified atom stereocenters. The molecule has 7 heteroatoms. The van der Waals surface area contributed by atoms with Crippen LogP contribution in [0.4, 0.5) is 13.2 Å². The summed E-state index contributed by atoms with van der Waals surface area (Å²) < 4.78 is 45.7. The van der Waals surface area contributed by atoms with E-state index in [2.05, 4.69) is 4.74 Å². The van der Waals surface area contributed by atoms with Crippen molar-refractivity contribution in [2.24, 2.45) is 0 Å². The van der Waals surface area contributed by atoms with Crippen LogP contribution in [0.2, 0.25) is 0 Å². The molecule has 0 radical (unpaired) electrons. The molecule has 1 heterocycles. The summed E-state index contributed by atoms with van der Waals surface area (Å²) in [6.45, 7) is 0. The number of rotatable bonds is 4. The second-order valence-electron chi connectivity index (χ2n) is 3.72. The van der Waals surface area contributed by atoms with Crippen LogP contribution in [0.3, 0.4) is 0 Å². The molecular weight excluding hydrogens is 293 g/mol. The van der Waals surface area contributed by atoms with E-state index in [9.17, 15) is 18.0 Å². The fourth-order valence-corrected chi connectivity index (χ4v) is 2.35. The molecular formula is C13H9F3O3S. The number of ketones is 1. The lowest BCUT2D eigenvalue weighted by Crippen LogP contribution is -2.19. The minimum absolute atomic E-state index is 0.144. The van der Waals surface area contributed by atoms with E-state index < -0.39 is 17.9 Å². The van der Waals surface area contributed by atoms with Crippen LogP contribution in [0, 0.1) is 0 Å². The number of halogens is 3. The highest BCUT2D eigenvalue weighted by Crippen LogP contribution is 2.30. The van der Waals surface area contributed by atoms with Gasteiger partial charge in [-0.15, -0.1) is 24.5 Å². The zero-order valence-electron chi connectivity index (χ0n) is 10.2. The molecule has 0 fully saturated rings. The molecule has 106 valence electrons. The fraction of sp³-hybridized carbons (Fsp3) is 0.154. The number of thiophene rings is 1. The van der Waals surface area contributed by atoms with Gasteiger partial charge in [-0.3, -0.25) is 4.79 Å². The molecule has 0 N–H and O–H groups in total. The summed E-state index contributed by atoms with van der Waals surface area (Å²) in [5.41, 5.74) is -0.144. The first kappa shape index (κ1) is 14.4. The Morgan fingerprint density at radius 2 is 1.95 bits per heavy atom. The largest absolute Gasteiger partial charge is 0.573 e. The number of hydrogen-bond acceptors (Lipinski definition) is 4. The van der Waals surface area contributed by atoms with Crippen molar-refractivity contribution in [3.63, 3.8) is 0 Å². The number of carbonyl (C=O) groups is 1. The van der Waals surface area contributed by atoms with Crippen LogP contribution in [0.15, 0.2) is 35.7 Å². The van der Waals surface area contributed by atoms with Crippen LogP contribution in [-0.4, -0.2) is 19.3 Å². The van der Waals surface area contributed by atoms with Crippen LogP contribution < -0.4 is 9.47 Å². The van der Waals surface area contributed by atoms with E-state index in [0.717, 1.165) is 17.4 Å². The summed E-state index contributed by atoms with van der Waals surface area (Å²) in [4.78, 5) is 12.5. The average Bonchev–Trinajstić information content (AvgIpc) is 2.85. The third kappa shape index (κ3) is 3.30. The van der Waals surface area contributed by atoms with Gasteiger partial charge in [-0.25, -0.2) is 0 Å². The van der Waals surface area contributed by atoms with Crippen molar-refractivity contribution in [1.82, 2.24) is 0 Å². The molecule has 20 heavy (non-hydrogen) atoms. The number of methoxy groups -OCH3 is 1. The van der Waals surface area contributed by atoms with Gasteiger partial charge in [-0.05, 0) is 12.1 Å². The Bertz CT molecular complexity index is 619. The van der Waals surface area contributed by atoms with Gasteiger partial charge in [0.15, 0.2) is 0 Å². The summed E-state index contributed by atoms with van der Waals surface area (Å²) in [5, 5.41) is 1.60. The highest BCUT2D eigenvalue weighted by atomic mass is 32.1. The van der Waals surface area contributed by atoms with Crippen molar-refractivity contribution in [2.75, 3.05) is 7.11 Å². The van der Waals surface area contributed by atoms with E-state index in [1.54, 1.807) is 5.38 Å². The van der Waals surface area contributed by atoms with Crippen molar-refractivity contribution in [3.05, 3.63) is 46.2 Å². The second kappa shape index (κ2) is 5.54. The molecule has 0 aliphatic heterocycles. The quantitative estimate of drug-likeness (QED) is 0.804. The van der Waals surface area contributed by atoms with Gasteiger partial charge in [0.05, 0.1) is 17.6 Å². The Labute approximate surface area is 116 Å². The van der Waals surface area contributed by atoms with E-state index in [0.29, 0.717) is 5.75 Å². The molecule has 0 aliphatic carbocycles. The number of para-hydroxylation sites is 1. The van der Waals surface area contributed by atoms with Gasteiger partial charge in [0.25, 0.3) is 0 Å². The summed E-state index contributed by atoms with van der Waals surface area (Å²) in [6.07, 6.45) is -4.84. The van der Waals surface area contributed by atoms with E-state index in [-0.39, 0.29) is 10.4 Å². The summed E-state index contributed by atoms with van der Waals surface area (Å²) in [5.74, 6) is -0.580. The highest BCUT2D eigenvalue weighted by Gasteiger charge is 2.33. The van der Waals surface area contributed by atoms with Crippen LogP contribution in [0.5, 0.6) is 11.5 Å². The SMILES string of the molecule is COc1csc(C(=O)c2ccccc2OC(F)(F)F)c1. The zero-order valence-corrected chi connectivity index (χ0v) is 11.0. The van der Waals surface area contributed by atoms with E-state index in [1.807, 2.05) is 0 Å². The molecule has 0 bridgehead atoms. The van der Waals surface area contributed by atoms with Gasteiger partial charge in [0.2, 0.25) is 5.78 Å². The second-order valence-corrected chi connectivity index (χ2v) is 4.64. The van der Waals surface area contributed by atoms with Gasteiger partial charge in [0.1, 0.15) is 11.5 Å². The smallest absolute Gasteiger partial charge is 0.496 e. The maximum absolute atomic E-state index is 12.3. The first-order valence-electron chi connectivity index (χ1n) is 5.42. The lowest BCUT2D eigenvalue weighted by molar-refractivity contribution is -0.274. The number of benzene rings is 1. The average molecular weight is 302 g/mol. The molecule has 2 aromatic rings. The molecule has 0 saturated carbocycles. The predicted molar refractivity (Wildman–Crippen MR) is 67.4 cm³/mol. The van der Waals surface area contributed by atoms with Crippen LogP contribution in [-0.2, 0) is 0 Å². The topological polar surface area (TPSA) is 35.5 Å². The maximum Gasteiger partial charge on any atom is 0.573 e. The van der Waals surface area contributed by atoms with Crippen molar-refractivity contribution in [3.8, 4) is 11.5 Å². The van der Waals surface area contributed by atoms with Gasteiger partial charge in [-0.2, -0.15) is 0 Å². The Balaban J connectivity index is 2.34. The fourth-order valence-electron chi connectivity index (χ4n) is 1.55. The molecule has 0 spiro atoms. The Morgan fingerprint density at radius 1 is 1.25 bits per heavy atom. The van der Waals surface area contributed by atoms with Crippen molar-refractivity contribution >= 4 is 17.1 Å². The Hall–Kier alpha value is -2.02. The summed E-state index contributed by atoms with van der Waals surface area (Å²) >= 11 is 1.09. The molecule has 3 nitrogen and oxygen atoms in total. The van der Waals surface area contributed by atoms with Gasteiger partial charge in [-0.1, -0.05) is 12.1 Å². The van der Waals surface area contributed by atoms with Gasteiger partial charge < -0.3 is 9.47 Å². The van der Waals surface area contributed by atoms with E-state index in [1.165, 1.54) is 31.4 Å². The zero-order chi connectivity index (χ0) is 14.8. The molecule has 0 atom stereocenters. The van der Waals surface area contributed by atoms with Crippen molar-refractivity contribution in [1.29, 1.82) is 0 Å². The molecule has 0 aliphatic rings. The van der Waals surface area contributed by atoms with E-state index >= 15 is 0 Å². The van der Waals surface area contributed by atoms with Crippen molar-refractivity contribution in [2.45, 2.75) is 6.36 Å². The molecule has 2 rings (SSSR count). The molecule has 1 aromatic heterocycles.